The standard InChI is InChI=1S/C19H22N4O3/c24-18-11-25-14-19(13-23(18)17-4-2-1-3-5-17)12-22(6-7-26-19)10-16-8-20-15-21-9-16/h1-5,8-9,15H,6-7,10-14H2. The van der Waals surface area contributed by atoms with Crippen LogP contribution in [0.2, 0.25) is 0 Å². The van der Waals surface area contributed by atoms with Crippen LogP contribution in [0.3, 0.4) is 0 Å². The van der Waals surface area contributed by atoms with Crippen molar-refractivity contribution >= 4 is 11.6 Å². The molecule has 2 aliphatic rings. The molecule has 7 heteroatoms. The third kappa shape index (κ3) is 3.75. The first kappa shape index (κ1) is 17.1. The first-order valence-corrected chi connectivity index (χ1v) is 8.77. The number of nitrogens with zero attached hydrogens (tertiary/aromatic N) is 4. The first-order chi connectivity index (χ1) is 12.7. The van der Waals surface area contributed by atoms with Gasteiger partial charge in [-0.05, 0) is 12.1 Å². The summed E-state index contributed by atoms with van der Waals surface area (Å²) in [6.45, 7) is 3.85. The van der Waals surface area contributed by atoms with Crippen molar-refractivity contribution in [3.63, 3.8) is 0 Å². The van der Waals surface area contributed by atoms with Gasteiger partial charge in [-0.1, -0.05) is 18.2 Å². The summed E-state index contributed by atoms with van der Waals surface area (Å²) >= 11 is 0. The van der Waals surface area contributed by atoms with Gasteiger partial charge in [0.15, 0.2) is 0 Å². The van der Waals surface area contributed by atoms with Crippen molar-refractivity contribution in [3.8, 4) is 0 Å². The SMILES string of the molecule is O=C1COCC2(CN(Cc3cncnc3)CCO2)CN1c1ccccc1. The van der Waals surface area contributed by atoms with Gasteiger partial charge in [0.25, 0.3) is 5.91 Å². The van der Waals surface area contributed by atoms with E-state index in [2.05, 4.69) is 14.9 Å². The van der Waals surface area contributed by atoms with Crippen molar-refractivity contribution in [3.05, 3.63) is 54.6 Å². The molecule has 136 valence electrons. The maximum Gasteiger partial charge on any atom is 0.253 e. The average molecular weight is 354 g/mol. The average Bonchev–Trinajstić information content (AvgIpc) is 2.82. The fourth-order valence-electron chi connectivity index (χ4n) is 3.58. The number of ether oxygens (including phenoxy) is 2. The summed E-state index contributed by atoms with van der Waals surface area (Å²) in [4.78, 5) is 24.8. The normalized spacial score (nSPS) is 24.6. The summed E-state index contributed by atoms with van der Waals surface area (Å²) in [5.74, 6) is -0.0368. The molecule has 26 heavy (non-hydrogen) atoms. The summed E-state index contributed by atoms with van der Waals surface area (Å²) in [5, 5.41) is 0. The number of carbonyl (C=O) groups excluding carboxylic acids is 1. The van der Waals surface area contributed by atoms with Gasteiger partial charge in [0, 0.05) is 43.3 Å². The van der Waals surface area contributed by atoms with Gasteiger partial charge in [-0.25, -0.2) is 9.97 Å². The molecule has 2 saturated heterocycles. The third-order valence-electron chi connectivity index (χ3n) is 4.75. The zero-order chi connectivity index (χ0) is 17.8. The fraction of sp³-hybridized carbons (Fsp3) is 0.421. The molecule has 2 aliphatic heterocycles. The lowest BCUT2D eigenvalue weighted by atomic mass is 10.0. The number of amides is 1. The lowest BCUT2D eigenvalue weighted by molar-refractivity contribution is -0.135. The molecule has 3 heterocycles. The monoisotopic (exact) mass is 354 g/mol. The van der Waals surface area contributed by atoms with Crippen molar-refractivity contribution in [2.24, 2.45) is 0 Å². The van der Waals surface area contributed by atoms with E-state index in [-0.39, 0.29) is 12.5 Å². The van der Waals surface area contributed by atoms with Crippen molar-refractivity contribution in [2.75, 3.05) is 44.4 Å². The van der Waals surface area contributed by atoms with Crippen LogP contribution in [-0.2, 0) is 20.8 Å². The van der Waals surface area contributed by atoms with E-state index in [4.69, 9.17) is 9.47 Å². The Morgan fingerprint density at radius 3 is 2.73 bits per heavy atom. The largest absolute Gasteiger partial charge is 0.368 e. The molecule has 0 saturated carbocycles. The molecular weight excluding hydrogens is 332 g/mol. The summed E-state index contributed by atoms with van der Waals surface area (Å²) in [5.41, 5.74) is 1.41. The minimum atomic E-state index is -0.532. The summed E-state index contributed by atoms with van der Waals surface area (Å²) in [6, 6.07) is 9.70. The van der Waals surface area contributed by atoms with E-state index in [0.29, 0.717) is 26.3 Å². The molecule has 1 aromatic carbocycles. The van der Waals surface area contributed by atoms with E-state index in [1.165, 1.54) is 6.33 Å². The Labute approximate surface area is 152 Å². The maximum atomic E-state index is 12.5. The van der Waals surface area contributed by atoms with Crippen LogP contribution in [0, 0.1) is 0 Å². The van der Waals surface area contributed by atoms with Crippen LogP contribution in [0.1, 0.15) is 5.56 Å². The molecule has 2 fully saturated rings. The second kappa shape index (κ2) is 7.49. The molecule has 4 rings (SSSR count). The fourth-order valence-corrected chi connectivity index (χ4v) is 3.58. The van der Waals surface area contributed by atoms with Gasteiger partial charge < -0.3 is 14.4 Å². The van der Waals surface area contributed by atoms with E-state index >= 15 is 0 Å². The number of aromatic nitrogens is 2. The number of rotatable bonds is 3. The minimum Gasteiger partial charge on any atom is -0.368 e. The molecule has 1 amide bonds. The Bertz CT molecular complexity index is 743. The van der Waals surface area contributed by atoms with Gasteiger partial charge in [0.1, 0.15) is 18.5 Å². The van der Waals surface area contributed by atoms with E-state index in [1.807, 2.05) is 42.7 Å². The number of anilines is 1. The Morgan fingerprint density at radius 1 is 1.12 bits per heavy atom. The van der Waals surface area contributed by atoms with Crippen molar-refractivity contribution in [1.82, 2.24) is 14.9 Å². The maximum absolute atomic E-state index is 12.5. The Balaban J connectivity index is 1.53. The highest BCUT2D eigenvalue weighted by molar-refractivity contribution is 5.94. The highest BCUT2D eigenvalue weighted by Gasteiger charge is 2.42. The first-order valence-electron chi connectivity index (χ1n) is 8.77. The second-order valence-corrected chi connectivity index (χ2v) is 6.80. The highest BCUT2D eigenvalue weighted by Crippen LogP contribution is 2.27. The molecule has 0 radical (unpaired) electrons. The molecule has 0 bridgehead atoms. The Morgan fingerprint density at radius 2 is 1.92 bits per heavy atom. The molecule has 0 N–H and O–H groups in total. The number of benzene rings is 1. The van der Waals surface area contributed by atoms with Gasteiger partial charge in [-0.15, -0.1) is 0 Å². The lowest BCUT2D eigenvalue weighted by Crippen LogP contribution is -2.59. The van der Waals surface area contributed by atoms with Crippen LogP contribution < -0.4 is 4.90 Å². The van der Waals surface area contributed by atoms with Crippen molar-refractivity contribution in [2.45, 2.75) is 12.1 Å². The molecule has 2 aromatic rings. The topological polar surface area (TPSA) is 67.8 Å². The Hall–Kier alpha value is -2.35. The predicted molar refractivity (Wildman–Crippen MR) is 95.6 cm³/mol. The summed E-state index contributed by atoms with van der Waals surface area (Å²) in [7, 11) is 0. The van der Waals surface area contributed by atoms with Crippen LogP contribution in [0.15, 0.2) is 49.1 Å². The Kier molecular flexibility index (Phi) is 4.92. The van der Waals surface area contributed by atoms with Gasteiger partial charge in [-0.2, -0.15) is 0 Å². The minimum absolute atomic E-state index is 0.0368. The summed E-state index contributed by atoms with van der Waals surface area (Å²) in [6.07, 6.45) is 5.20. The second-order valence-electron chi connectivity index (χ2n) is 6.80. The van der Waals surface area contributed by atoms with E-state index in [9.17, 15) is 4.79 Å². The molecule has 1 aromatic heterocycles. The van der Waals surface area contributed by atoms with Gasteiger partial charge in [-0.3, -0.25) is 9.69 Å². The van der Waals surface area contributed by atoms with E-state index in [0.717, 1.165) is 24.3 Å². The van der Waals surface area contributed by atoms with Crippen LogP contribution >= 0.6 is 0 Å². The predicted octanol–water partition coefficient (Wildman–Crippen LogP) is 1.11. The van der Waals surface area contributed by atoms with Crippen LogP contribution in [-0.4, -0.2) is 65.8 Å². The van der Waals surface area contributed by atoms with Crippen LogP contribution in [0.4, 0.5) is 5.69 Å². The molecular formula is C19H22N4O3. The number of morpholine rings is 1. The molecule has 1 spiro atoms. The van der Waals surface area contributed by atoms with E-state index < -0.39 is 5.60 Å². The van der Waals surface area contributed by atoms with Crippen molar-refractivity contribution in [1.29, 1.82) is 0 Å². The van der Waals surface area contributed by atoms with Gasteiger partial charge in [0.2, 0.25) is 0 Å². The number of carbonyl (C=O) groups is 1. The number of hydrogen-bond donors (Lipinski definition) is 0. The third-order valence-corrected chi connectivity index (χ3v) is 4.75. The van der Waals surface area contributed by atoms with Crippen molar-refractivity contribution < 1.29 is 14.3 Å². The van der Waals surface area contributed by atoms with Crippen LogP contribution in [0.25, 0.3) is 0 Å². The highest BCUT2D eigenvalue weighted by atomic mass is 16.5. The molecule has 7 nitrogen and oxygen atoms in total. The van der Waals surface area contributed by atoms with E-state index in [1.54, 1.807) is 4.90 Å². The molecule has 0 aliphatic carbocycles. The lowest BCUT2D eigenvalue weighted by Gasteiger charge is -2.43. The smallest absolute Gasteiger partial charge is 0.253 e. The van der Waals surface area contributed by atoms with Gasteiger partial charge in [0.05, 0.1) is 19.8 Å². The zero-order valence-corrected chi connectivity index (χ0v) is 14.6. The number of para-hydroxylation sites is 1. The molecule has 1 atom stereocenters. The summed E-state index contributed by atoms with van der Waals surface area (Å²) < 4.78 is 11.8. The number of hydrogen-bond acceptors (Lipinski definition) is 6. The zero-order valence-electron chi connectivity index (χ0n) is 14.6. The van der Waals surface area contributed by atoms with Gasteiger partial charge >= 0.3 is 0 Å². The van der Waals surface area contributed by atoms with Crippen LogP contribution in [0.5, 0.6) is 0 Å². The molecule has 1 unspecified atom stereocenters. The quantitative estimate of drug-likeness (QED) is 0.823.